The highest BCUT2D eigenvalue weighted by Gasteiger charge is 2.23. The van der Waals surface area contributed by atoms with Gasteiger partial charge in [-0.2, -0.15) is 0 Å². The van der Waals surface area contributed by atoms with Crippen molar-refractivity contribution in [3.8, 4) is 5.75 Å². The van der Waals surface area contributed by atoms with E-state index in [0.717, 1.165) is 32.6 Å². The minimum absolute atomic E-state index is 0. The number of nitrogens with one attached hydrogen (secondary N) is 1. The molecule has 1 fully saturated rings. The number of rotatable bonds is 3. The molecular weight excluding hydrogens is 255 g/mol. The van der Waals surface area contributed by atoms with Gasteiger partial charge in [-0.15, -0.1) is 12.4 Å². The van der Waals surface area contributed by atoms with Gasteiger partial charge < -0.3 is 10.4 Å². The Labute approximate surface area is 113 Å². The van der Waals surface area contributed by atoms with Gasteiger partial charge in [-0.1, -0.05) is 6.92 Å². The summed E-state index contributed by atoms with van der Waals surface area (Å²) in [7, 11) is 0. The molecule has 3 nitrogen and oxygen atoms in total. The molecule has 102 valence electrons. The molecular formula is C13H20ClFN2O. The van der Waals surface area contributed by atoms with Crippen molar-refractivity contribution in [2.75, 3.05) is 26.2 Å². The summed E-state index contributed by atoms with van der Waals surface area (Å²) in [5.41, 5.74) is 0.703. The highest BCUT2D eigenvalue weighted by Crippen LogP contribution is 2.31. The minimum Gasteiger partial charge on any atom is -0.508 e. The average Bonchev–Trinajstić information content (AvgIpc) is 2.36. The van der Waals surface area contributed by atoms with Crippen molar-refractivity contribution in [1.29, 1.82) is 0 Å². The van der Waals surface area contributed by atoms with E-state index in [1.807, 2.05) is 0 Å². The van der Waals surface area contributed by atoms with Crippen LogP contribution in [0.2, 0.25) is 0 Å². The number of aromatic hydroxyl groups is 1. The Morgan fingerprint density at radius 2 is 2.06 bits per heavy atom. The maximum absolute atomic E-state index is 13.3. The minimum atomic E-state index is -0.286. The van der Waals surface area contributed by atoms with Crippen molar-refractivity contribution in [3.63, 3.8) is 0 Å². The number of benzene rings is 1. The molecule has 1 heterocycles. The van der Waals surface area contributed by atoms with Gasteiger partial charge in [-0.25, -0.2) is 4.39 Å². The molecule has 0 saturated carbocycles. The van der Waals surface area contributed by atoms with Crippen LogP contribution in [0.25, 0.3) is 0 Å². The smallest absolute Gasteiger partial charge is 0.123 e. The van der Waals surface area contributed by atoms with Crippen LogP contribution in [0.3, 0.4) is 0 Å². The predicted octanol–water partition coefficient (Wildman–Crippen LogP) is 2.31. The molecule has 0 amide bonds. The lowest BCUT2D eigenvalue weighted by atomic mass is 10.0. The molecule has 0 unspecified atom stereocenters. The Morgan fingerprint density at radius 1 is 1.39 bits per heavy atom. The van der Waals surface area contributed by atoms with E-state index in [4.69, 9.17) is 0 Å². The van der Waals surface area contributed by atoms with Gasteiger partial charge in [-0.05, 0) is 24.6 Å². The maximum Gasteiger partial charge on any atom is 0.123 e. The molecule has 0 aromatic heterocycles. The lowest BCUT2D eigenvalue weighted by Gasteiger charge is -2.35. The van der Waals surface area contributed by atoms with Gasteiger partial charge >= 0.3 is 0 Å². The highest BCUT2D eigenvalue weighted by atomic mass is 35.5. The normalized spacial score (nSPS) is 18.1. The van der Waals surface area contributed by atoms with Gasteiger partial charge in [0.1, 0.15) is 11.6 Å². The molecule has 1 aliphatic heterocycles. The van der Waals surface area contributed by atoms with Gasteiger partial charge in [0.15, 0.2) is 0 Å². The third kappa shape index (κ3) is 3.34. The zero-order valence-electron chi connectivity index (χ0n) is 10.5. The van der Waals surface area contributed by atoms with E-state index < -0.39 is 0 Å². The third-order valence-corrected chi connectivity index (χ3v) is 3.33. The molecule has 1 saturated heterocycles. The Bertz CT molecular complexity index is 383. The molecule has 1 atom stereocenters. The Morgan fingerprint density at radius 3 is 2.67 bits per heavy atom. The van der Waals surface area contributed by atoms with E-state index in [9.17, 15) is 9.50 Å². The lowest BCUT2D eigenvalue weighted by molar-refractivity contribution is 0.166. The van der Waals surface area contributed by atoms with Crippen LogP contribution in [0.5, 0.6) is 5.75 Å². The molecule has 2 rings (SSSR count). The third-order valence-electron chi connectivity index (χ3n) is 3.33. The zero-order chi connectivity index (χ0) is 12.3. The largest absolute Gasteiger partial charge is 0.508 e. The topological polar surface area (TPSA) is 35.5 Å². The van der Waals surface area contributed by atoms with Crippen LogP contribution < -0.4 is 5.32 Å². The monoisotopic (exact) mass is 274 g/mol. The van der Waals surface area contributed by atoms with Gasteiger partial charge in [-0.3, -0.25) is 4.90 Å². The lowest BCUT2D eigenvalue weighted by Crippen LogP contribution is -2.45. The van der Waals surface area contributed by atoms with Gasteiger partial charge in [0, 0.05) is 37.8 Å². The second-order valence-corrected chi connectivity index (χ2v) is 4.41. The van der Waals surface area contributed by atoms with E-state index in [0.29, 0.717) is 5.56 Å². The summed E-state index contributed by atoms with van der Waals surface area (Å²) in [5.74, 6) is -0.0943. The molecule has 0 aliphatic carbocycles. The summed E-state index contributed by atoms with van der Waals surface area (Å²) in [6.07, 6.45) is 0.872. The predicted molar refractivity (Wildman–Crippen MR) is 72.8 cm³/mol. The van der Waals surface area contributed by atoms with Crippen LogP contribution in [0.1, 0.15) is 24.9 Å². The zero-order valence-corrected chi connectivity index (χ0v) is 11.3. The molecule has 5 heteroatoms. The Balaban J connectivity index is 0.00000162. The fourth-order valence-electron chi connectivity index (χ4n) is 2.46. The van der Waals surface area contributed by atoms with Crippen LogP contribution in [0, 0.1) is 5.82 Å². The van der Waals surface area contributed by atoms with Crippen LogP contribution in [-0.4, -0.2) is 36.2 Å². The summed E-state index contributed by atoms with van der Waals surface area (Å²) in [6, 6.07) is 4.29. The van der Waals surface area contributed by atoms with Crippen LogP contribution in [-0.2, 0) is 0 Å². The maximum atomic E-state index is 13.3. The first kappa shape index (κ1) is 15.2. The van der Waals surface area contributed by atoms with Gasteiger partial charge in [0.2, 0.25) is 0 Å². The fourth-order valence-corrected chi connectivity index (χ4v) is 2.46. The first-order valence-corrected chi connectivity index (χ1v) is 6.15. The van der Waals surface area contributed by atoms with Crippen molar-refractivity contribution < 1.29 is 9.50 Å². The van der Waals surface area contributed by atoms with Crippen LogP contribution in [0.4, 0.5) is 4.39 Å². The van der Waals surface area contributed by atoms with E-state index in [1.165, 1.54) is 18.2 Å². The first-order chi connectivity index (χ1) is 8.22. The van der Waals surface area contributed by atoms with Crippen molar-refractivity contribution in [2.24, 2.45) is 0 Å². The number of phenols is 1. The molecule has 0 spiro atoms. The van der Waals surface area contributed by atoms with Gasteiger partial charge in [0.05, 0.1) is 0 Å². The first-order valence-electron chi connectivity index (χ1n) is 6.15. The standard InChI is InChI=1S/C13H19FN2O.ClH/c1-2-12(16-7-5-15-6-8-16)11-9-10(14)3-4-13(11)17;/h3-4,9,12,15,17H,2,5-8H2,1H3;1H/t12-;/m1./s1. The van der Waals surface area contributed by atoms with Crippen molar-refractivity contribution >= 4 is 12.4 Å². The number of phenolic OH excluding ortho intramolecular Hbond substituents is 1. The number of nitrogens with zero attached hydrogens (tertiary/aromatic N) is 1. The Kier molecular flexibility index (Phi) is 5.85. The van der Waals surface area contributed by atoms with Crippen LogP contribution in [0.15, 0.2) is 18.2 Å². The van der Waals surface area contributed by atoms with Crippen molar-refractivity contribution in [3.05, 3.63) is 29.6 Å². The molecule has 0 bridgehead atoms. The van der Waals surface area contributed by atoms with E-state index in [2.05, 4.69) is 17.1 Å². The van der Waals surface area contributed by atoms with E-state index in [-0.39, 0.29) is 30.0 Å². The van der Waals surface area contributed by atoms with Crippen molar-refractivity contribution in [2.45, 2.75) is 19.4 Å². The number of piperazine rings is 1. The van der Waals surface area contributed by atoms with E-state index in [1.54, 1.807) is 0 Å². The molecule has 18 heavy (non-hydrogen) atoms. The summed E-state index contributed by atoms with van der Waals surface area (Å²) in [6.45, 7) is 5.85. The summed E-state index contributed by atoms with van der Waals surface area (Å²) >= 11 is 0. The molecule has 1 aromatic rings. The number of halogens is 2. The SMILES string of the molecule is CC[C@H](c1cc(F)ccc1O)N1CCNCC1.Cl. The van der Waals surface area contributed by atoms with E-state index >= 15 is 0 Å². The average molecular weight is 275 g/mol. The molecule has 2 N–H and O–H groups in total. The summed E-state index contributed by atoms with van der Waals surface area (Å²) < 4.78 is 13.3. The molecule has 1 aromatic carbocycles. The second kappa shape index (κ2) is 6.92. The number of hydrogen-bond acceptors (Lipinski definition) is 3. The molecule has 0 radical (unpaired) electrons. The van der Waals surface area contributed by atoms with Crippen molar-refractivity contribution in [1.82, 2.24) is 10.2 Å². The number of hydrogen-bond donors (Lipinski definition) is 2. The molecule has 1 aliphatic rings. The quantitative estimate of drug-likeness (QED) is 0.888. The second-order valence-electron chi connectivity index (χ2n) is 4.41. The van der Waals surface area contributed by atoms with Gasteiger partial charge in [0.25, 0.3) is 0 Å². The Hall–Kier alpha value is -0.840. The fraction of sp³-hybridized carbons (Fsp3) is 0.538. The van der Waals surface area contributed by atoms with Crippen LogP contribution >= 0.6 is 12.4 Å². The summed E-state index contributed by atoms with van der Waals surface area (Å²) in [4.78, 5) is 2.30. The summed E-state index contributed by atoms with van der Waals surface area (Å²) in [5, 5.41) is 13.2. The highest BCUT2D eigenvalue weighted by molar-refractivity contribution is 5.85.